The van der Waals surface area contributed by atoms with Gasteiger partial charge in [0.25, 0.3) is 0 Å². The van der Waals surface area contributed by atoms with Crippen LogP contribution in [0.5, 0.6) is 0 Å². The summed E-state index contributed by atoms with van der Waals surface area (Å²) in [6.07, 6.45) is -0.211. The lowest BCUT2D eigenvalue weighted by Crippen LogP contribution is -2.17. The third kappa shape index (κ3) is 3.80. The summed E-state index contributed by atoms with van der Waals surface area (Å²) in [7, 11) is 0. The molecular formula is C16H11Cl3O3. The van der Waals surface area contributed by atoms with Gasteiger partial charge in [-0.05, 0) is 35.9 Å². The van der Waals surface area contributed by atoms with E-state index in [1.54, 1.807) is 42.5 Å². The van der Waals surface area contributed by atoms with Crippen molar-refractivity contribution in [2.24, 2.45) is 0 Å². The molecule has 0 aromatic heterocycles. The molecule has 0 aliphatic heterocycles. The van der Waals surface area contributed by atoms with Crippen LogP contribution in [0, 0.1) is 0 Å². The quantitative estimate of drug-likeness (QED) is 0.758. The highest BCUT2D eigenvalue weighted by molar-refractivity contribution is 6.42. The zero-order valence-corrected chi connectivity index (χ0v) is 13.5. The maximum Gasteiger partial charge on any atom is 0.311 e. The van der Waals surface area contributed by atoms with E-state index < -0.39 is 11.9 Å². The molecule has 1 atom stereocenters. The Hall–Kier alpha value is -1.55. The van der Waals surface area contributed by atoms with E-state index in [0.717, 1.165) is 0 Å². The number of carbonyl (C=O) groups excluding carboxylic acids is 1. The molecule has 0 aliphatic rings. The predicted molar refractivity (Wildman–Crippen MR) is 87.2 cm³/mol. The van der Waals surface area contributed by atoms with Gasteiger partial charge in [-0.15, -0.1) is 0 Å². The largest absolute Gasteiger partial charge is 0.481 e. The number of hydrogen-bond acceptors (Lipinski definition) is 2. The monoisotopic (exact) mass is 356 g/mol. The van der Waals surface area contributed by atoms with Gasteiger partial charge in [-0.25, -0.2) is 0 Å². The Kier molecular flexibility index (Phi) is 5.46. The second-order valence-electron chi connectivity index (χ2n) is 4.67. The topological polar surface area (TPSA) is 54.4 Å². The van der Waals surface area contributed by atoms with Crippen molar-refractivity contribution < 1.29 is 14.7 Å². The van der Waals surface area contributed by atoms with Crippen LogP contribution in [0.2, 0.25) is 15.1 Å². The van der Waals surface area contributed by atoms with E-state index in [1.165, 1.54) is 0 Å². The smallest absolute Gasteiger partial charge is 0.311 e. The molecule has 1 N–H and O–H groups in total. The van der Waals surface area contributed by atoms with Crippen molar-refractivity contribution >= 4 is 46.6 Å². The van der Waals surface area contributed by atoms with Crippen LogP contribution in [0.3, 0.4) is 0 Å². The summed E-state index contributed by atoms with van der Waals surface area (Å²) in [5.41, 5.74) is 0.720. The van der Waals surface area contributed by atoms with Crippen LogP contribution < -0.4 is 0 Å². The molecule has 0 bridgehead atoms. The summed E-state index contributed by atoms with van der Waals surface area (Å²) in [6, 6.07) is 11.0. The van der Waals surface area contributed by atoms with Crippen LogP contribution in [0.25, 0.3) is 0 Å². The lowest BCUT2D eigenvalue weighted by atomic mass is 9.91. The van der Waals surface area contributed by atoms with E-state index in [1.807, 2.05) is 0 Å². The molecule has 0 aliphatic carbocycles. The highest BCUT2D eigenvalue weighted by Crippen LogP contribution is 2.33. The fourth-order valence-corrected chi connectivity index (χ4v) is 2.62. The molecule has 0 spiro atoms. The van der Waals surface area contributed by atoms with Gasteiger partial charge in [0.1, 0.15) is 0 Å². The molecule has 2 aromatic rings. The first kappa shape index (κ1) is 16.8. The van der Waals surface area contributed by atoms with E-state index >= 15 is 0 Å². The first-order valence-corrected chi connectivity index (χ1v) is 7.49. The highest BCUT2D eigenvalue weighted by Gasteiger charge is 2.26. The SMILES string of the molecule is O=C(CC(C(=O)O)c1cccc(Cl)c1Cl)c1ccc(Cl)cc1. The molecule has 0 heterocycles. The van der Waals surface area contributed by atoms with E-state index in [4.69, 9.17) is 34.8 Å². The number of Topliss-reactive ketones (excluding diaryl/α,β-unsaturated/α-hetero) is 1. The minimum absolute atomic E-state index is 0.153. The van der Waals surface area contributed by atoms with Crippen LogP contribution in [-0.4, -0.2) is 16.9 Å². The van der Waals surface area contributed by atoms with Gasteiger partial charge in [0, 0.05) is 17.0 Å². The molecule has 0 saturated heterocycles. The average Bonchev–Trinajstić information content (AvgIpc) is 2.48. The summed E-state index contributed by atoms with van der Waals surface area (Å²) in [4.78, 5) is 23.8. The Morgan fingerprint density at radius 3 is 2.23 bits per heavy atom. The van der Waals surface area contributed by atoms with Crippen molar-refractivity contribution in [1.29, 1.82) is 0 Å². The van der Waals surface area contributed by atoms with Gasteiger partial charge in [0.15, 0.2) is 5.78 Å². The molecule has 22 heavy (non-hydrogen) atoms. The molecule has 1 unspecified atom stereocenters. The maximum absolute atomic E-state index is 12.3. The maximum atomic E-state index is 12.3. The molecule has 6 heteroatoms. The lowest BCUT2D eigenvalue weighted by molar-refractivity contribution is -0.138. The summed E-state index contributed by atoms with van der Waals surface area (Å²) >= 11 is 17.7. The molecular weight excluding hydrogens is 347 g/mol. The first-order valence-electron chi connectivity index (χ1n) is 6.35. The minimum atomic E-state index is -1.13. The van der Waals surface area contributed by atoms with E-state index in [0.29, 0.717) is 16.1 Å². The Balaban J connectivity index is 2.30. The van der Waals surface area contributed by atoms with Gasteiger partial charge in [-0.1, -0.05) is 46.9 Å². The van der Waals surface area contributed by atoms with Crippen LogP contribution >= 0.6 is 34.8 Å². The van der Waals surface area contributed by atoms with Crippen molar-refractivity contribution in [3.8, 4) is 0 Å². The van der Waals surface area contributed by atoms with Gasteiger partial charge in [0.05, 0.1) is 16.0 Å². The number of ketones is 1. The first-order chi connectivity index (χ1) is 10.4. The number of benzene rings is 2. The van der Waals surface area contributed by atoms with Crippen molar-refractivity contribution in [1.82, 2.24) is 0 Å². The number of halogens is 3. The van der Waals surface area contributed by atoms with Crippen LogP contribution in [0.15, 0.2) is 42.5 Å². The van der Waals surface area contributed by atoms with Gasteiger partial charge >= 0.3 is 5.97 Å². The van der Waals surface area contributed by atoms with Crippen LogP contribution in [-0.2, 0) is 4.79 Å². The number of carboxylic acid groups (broad SMARTS) is 1. The predicted octanol–water partition coefficient (Wildman–Crippen LogP) is 5.09. The van der Waals surface area contributed by atoms with Crippen LogP contribution in [0.4, 0.5) is 0 Å². The normalized spacial score (nSPS) is 12.0. The van der Waals surface area contributed by atoms with E-state index in [9.17, 15) is 14.7 Å². The van der Waals surface area contributed by atoms with Crippen molar-refractivity contribution in [3.63, 3.8) is 0 Å². The molecule has 2 aromatic carbocycles. The Bertz CT molecular complexity index is 711. The molecule has 0 amide bonds. The lowest BCUT2D eigenvalue weighted by Gasteiger charge is -2.14. The average molecular weight is 358 g/mol. The third-order valence-corrected chi connectivity index (χ3v) is 4.30. The number of carboxylic acids is 1. The summed E-state index contributed by atoms with van der Waals surface area (Å²) in [5.74, 6) is -2.50. The zero-order valence-electron chi connectivity index (χ0n) is 11.2. The van der Waals surface area contributed by atoms with Crippen molar-refractivity contribution in [3.05, 3.63) is 68.7 Å². The van der Waals surface area contributed by atoms with Gasteiger partial charge in [0.2, 0.25) is 0 Å². The summed E-state index contributed by atoms with van der Waals surface area (Å²) < 4.78 is 0. The molecule has 0 fully saturated rings. The van der Waals surface area contributed by atoms with Crippen molar-refractivity contribution in [2.45, 2.75) is 12.3 Å². The van der Waals surface area contributed by atoms with Gasteiger partial charge in [-0.2, -0.15) is 0 Å². The van der Waals surface area contributed by atoms with E-state index in [2.05, 4.69) is 0 Å². The number of aliphatic carboxylic acids is 1. The van der Waals surface area contributed by atoms with Crippen molar-refractivity contribution in [2.75, 3.05) is 0 Å². The number of hydrogen-bond donors (Lipinski definition) is 1. The molecule has 114 valence electrons. The van der Waals surface area contributed by atoms with Gasteiger partial charge < -0.3 is 5.11 Å². The van der Waals surface area contributed by atoms with Gasteiger partial charge in [-0.3, -0.25) is 9.59 Å². The fourth-order valence-electron chi connectivity index (χ4n) is 2.06. The van der Waals surface area contributed by atoms with E-state index in [-0.39, 0.29) is 22.2 Å². The Morgan fingerprint density at radius 1 is 1.00 bits per heavy atom. The fraction of sp³-hybridized carbons (Fsp3) is 0.125. The highest BCUT2D eigenvalue weighted by atomic mass is 35.5. The molecule has 0 radical (unpaired) electrons. The van der Waals surface area contributed by atoms with Crippen LogP contribution in [0.1, 0.15) is 28.3 Å². The Morgan fingerprint density at radius 2 is 1.64 bits per heavy atom. The number of carbonyl (C=O) groups is 2. The molecule has 2 rings (SSSR count). The number of rotatable bonds is 5. The molecule has 0 saturated carbocycles. The summed E-state index contributed by atoms with van der Waals surface area (Å²) in [6.45, 7) is 0. The molecule has 3 nitrogen and oxygen atoms in total. The third-order valence-electron chi connectivity index (χ3n) is 3.21. The standard InChI is InChI=1S/C16H11Cl3O3/c17-10-6-4-9(5-7-10)14(20)8-12(16(21)22)11-2-1-3-13(18)15(11)19/h1-7,12H,8H2,(H,21,22). The second-order valence-corrected chi connectivity index (χ2v) is 5.89. The second kappa shape index (κ2) is 7.14. The minimum Gasteiger partial charge on any atom is -0.481 e. The summed E-state index contributed by atoms with van der Waals surface area (Å²) in [5, 5.41) is 10.3. The Labute approximate surface area is 142 Å². The zero-order chi connectivity index (χ0) is 16.3.